The van der Waals surface area contributed by atoms with E-state index in [4.69, 9.17) is 16.9 Å². The van der Waals surface area contributed by atoms with E-state index in [1.807, 2.05) is 0 Å². The van der Waals surface area contributed by atoms with Crippen LogP contribution in [0.25, 0.3) is 0 Å². The molecule has 0 unspecified atom stereocenters. The van der Waals surface area contributed by atoms with Crippen LogP contribution in [0.4, 0.5) is 0 Å². The van der Waals surface area contributed by atoms with Crippen molar-refractivity contribution in [3.05, 3.63) is 28.8 Å². The van der Waals surface area contributed by atoms with Crippen molar-refractivity contribution in [1.29, 1.82) is 5.26 Å². The van der Waals surface area contributed by atoms with E-state index in [0.717, 1.165) is 5.56 Å². The van der Waals surface area contributed by atoms with Gasteiger partial charge >= 0.3 is 0 Å². The Labute approximate surface area is 91.0 Å². The molecule has 0 fully saturated rings. The molecule has 0 radical (unpaired) electrons. The Kier molecular flexibility index (Phi) is 3.43. The molecule has 3 nitrogen and oxygen atoms in total. The van der Waals surface area contributed by atoms with Gasteiger partial charge in [-0.1, -0.05) is 17.7 Å². The zero-order valence-corrected chi connectivity index (χ0v) is 9.58. The van der Waals surface area contributed by atoms with Gasteiger partial charge in [0.05, 0.1) is 15.7 Å². The molecule has 1 aromatic carbocycles. The monoisotopic (exact) mass is 247 g/mol. The summed E-state index contributed by atoms with van der Waals surface area (Å²) in [4.78, 5) is 0.0552. The summed E-state index contributed by atoms with van der Waals surface area (Å²) in [6.45, 7) is 1.77. The van der Waals surface area contributed by atoms with Gasteiger partial charge in [0.15, 0.2) is 0 Å². The third-order valence-corrected chi connectivity index (χ3v) is 4.57. The fourth-order valence-corrected chi connectivity index (χ4v) is 2.66. The van der Waals surface area contributed by atoms with Crippen molar-refractivity contribution in [2.45, 2.75) is 11.8 Å². The van der Waals surface area contributed by atoms with Crippen molar-refractivity contribution in [2.24, 2.45) is 0 Å². The van der Waals surface area contributed by atoms with Crippen LogP contribution in [-0.2, 0) is 8.87 Å². The van der Waals surface area contributed by atoms with Gasteiger partial charge in [-0.05, 0) is 24.6 Å². The van der Waals surface area contributed by atoms with E-state index in [1.54, 1.807) is 13.0 Å². The average molecular weight is 248 g/mol. The fraction of sp³-hybridized carbons (Fsp3) is 0.125. The lowest BCUT2D eigenvalue weighted by atomic mass is 10.2. The normalized spacial score (nSPS) is 10.9. The summed E-state index contributed by atoms with van der Waals surface area (Å²) >= 11 is 5.76. The summed E-state index contributed by atoms with van der Waals surface area (Å²) in [6.07, 6.45) is 0. The molecule has 0 heterocycles. The molecule has 74 valence electrons. The smallest absolute Gasteiger partial charge is 0.211 e. The summed E-state index contributed by atoms with van der Waals surface area (Å²) < 4.78 is 22.8. The number of rotatable bonds is 2. The van der Waals surface area contributed by atoms with Crippen molar-refractivity contribution in [1.82, 2.24) is 0 Å². The molecule has 0 atom stereocenters. The summed E-state index contributed by atoms with van der Waals surface area (Å²) in [7, 11) is -3.36. The lowest BCUT2D eigenvalue weighted by Gasteiger charge is -2.01. The van der Waals surface area contributed by atoms with Crippen molar-refractivity contribution in [2.75, 3.05) is 0 Å². The van der Waals surface area contributed by atoms with E-state index in [1.165, 1.54) is 17.5 Å². The van der Waals surface area contributed by atoms with Crippen LogP contribution in [0, 0.1) is 17.6 Å². The quantitative estimate of drug-likeness (QED) is 0.595. The van der Waals surface area contributed by atoms with Gasteiger partial charge in [-0.15, -0.1) is 0 Å². The average Bonchev–Trinajstić information content (AvgIpc) is 2.09. The van der Waals surface area contributed by atoms with E-state index in [-0.39, 0.29) is 15.7 Å². The Morgan fingerprint density at radius 3 is 2.64 bits per heavy atom. The van der Waals surface area contributed by atoms with E-state index < -0.39 is 8.87 Å². The molecule has 0 bridgehead atoms. The lowest BCUT2D eigenvalue weighted by Crippen LogP contribution is -1.94. The lowest BCUT2D eigenvalue weighted by molar-refractivity contribution is 0.610. The zero-order chi connectivity index (χ0) is 10.8. The van der Waals surface area contributed by atoms with Crippen LogP contribution in [0.5, 0.6) is 0 Å². The number of hydrogen-bond acceptors (Lipinski definition) is 4. The minimum atomic E-state index is -3.58. The summed E-state index contributed by atoms with van der Waals surface area (Å²) in [6, 6.07) is 4.38. The van der Waals surface area contributed by atoms with Crippen LogP contribution in [0.2, 0.25) is 5.02 Å². The minimum absolute atomic E-state index is 0.0552. The summed E-state index contributed by atoms with van der Waals surface area (Å²) in [5.74, 6) is 0. The number of halogens is 1. The zero-order valence-electron chi connectivity index (χ0n) is 7.19. The molecule has 0 aromatic heterocycles. The van der Waals surface area contributed by atoms with Crippen LogP contribution >= 0.6 is 22.4 Å². The van der Waals surface area contributed by atoms with Crippen molar-refractivity contribution in [3.63, 3.8) is 0 Å². The van der Waals surface area contributed by atoms with Crippen LogP contribution in [0.3, 0.4) is 0 Å². The highest BCUT2D eigenvalue weighted by Gasteiger charge is 2.15. The third kappa shape index (κ3) is 2.41. The summed E-state index contributed by atoms with van der Waals surface area (Å²) in [5, 5.41) is 10.2. The van der Waals surface area contributed by atoms with Crippen LogP contribution in [-0.4, -0.2) is 8.42 Å². The number of nitriles is 1. The Bertz CT molecular complexity index is 491. The second kappa shape index (κ2) is 4.22. The fourth-order valence-electron chi connectivity index (χ4n) is 0.826. The first-order valence-corrected chi connectivity index (χ1v) is 6.75. The number of hydrogen-bond donors (Lipinski definition) is 0. The maximum Gasteiger partial charge on any atom is 0.243 e. The highest BCUT2D eigenvalue weighted by atomic mass is 35.5. The predicted molar refractivity (Wildman–Crippen MR) is 56.6 cm³/mol. The molecular weight excluding hydrogens is 242 g/mol. The van der Waals surface area contributed by atoms with Crippen molar-refractivity contribution < 1.29 is 8.42 Å². The second-order valence-corrected chi connectivity index (χ2v) is 6.49. The number of thiocyanates is 1. The molecule has 0 amide bonds. The summed E-state index contributed by atoms with van der Waals surface area (Å²) in [5.41, 5.74) is 0.799. The molecule has 0 aliphatic carbocycles. The first-order valence-electron chi connectivity index (χ1n) is 3.56. The maximum atomic E-state index is 11.4. The van der Waals surface area contributed by atoms with Gasteiger partial charge in [-0.2, -0.15) is 5.26 Å². The van der Waals surface area contributed by atoms with Crippen molar-refractivity contribution >= 4 is 31.3 Å². The molecule has 0 saturated heterocycles. The highest BCUT2D eigenvalue weighted by Crippen LogP contribution is 2.26. The van der Waals surface area contributed by atoms with Gasteiger partial charge in [0.1, 0.15) is 5.40 Å². The second-order valence-electron chi connectivity index (χ2n) is 2.54. The maximum absolute atomic E-state index is 11.4. The van der Waals surface area contributed by atoms with E-state index in [9.17, 15) is 8.42 Å². The van der Waals surface area contributed by atoms with Crippen LogP contribution in [0.15, 0.2) is 23.1 Å². The van der Waals surface area contributed by atoms with Gasteiger partial charge in [-0.3, -0.25) is 0 Å². The Morgan fingerprint density at radius 1 is 1.50 bits per heavy atom. The number of aryl methyl sites for hydroxylation is 1. The van der Waals surface area contributed by atoms with Gasteiger partial charge in [-0.25, -0.2) is 8.42 Å². The largest absolute Gasteiger partial charge is 0.243 e. The minimum Gasteiger partial charge on any atom is -0.211 e. The van der Waals surface area contributed by atoms with Gasteiger partial charge in [0, 0.05) is 5.02 Å². The number of nitrogens with zero attached hydrogens (tertiary/aromatic N) is 1. The van der Waals surface area contributed by atoms with E-state index in [2.05, 4.69) is 0 Å². The van der Waals surface area contributed by atoms with Gasteiger partial charge in [0.2, 0.25) is 8.87 Å². The number of benzene rings is 1. The molecule has 0 N–H and O–H groups in total. The van der Waals surface area contributed by atoms with Gasteiger partial charge in [0.25, 0.3) is 0 Å². The molecule has 0 spiro atoms. The molecular formula is C8H6ClNO2S2. The molecule has 0 aliphatic rings. The molecule has 14 heavy (non-hydrogen) atoms. The first kappa shape index (κ1) is 11.4. The van der Waals surface area contributed by atoms with Crippen molar-refractivity contribution in [3.8, 4) is 5.40 Å². The highest BCUT2D eigenvalue weighted by molar-refractivity contribution is 8.73. The Balaban J connectivity index is 3.23. The van der Waals surface area contributed by atoms with Crippen LogP contribution < -0.4 is 0 Å². The topological polar surface area (TPSA) is 57.9 Å². The van der Waals surface area contributed by atoms with Gasteiger partial charge < -0.3 is 0 Å². The van der Waals surface area contributed by atoms with E-state index >= 15 is 0 Å². The van der Waals surface area contributed by atoms with Crippen LogP contribution in [0.1, 0.15) is 5.56 Å². The predicted octanol–water partition coefficient (Wildman–Crippen LogP) is 2.55. The Hall–Kier alpha value is -0.700. The molecule has 6 heteroatoms. The molecule has 1 aromatic rings. The third-order valence-electron chi connectivity index (χ3n) is 1.58. The SMILES string of the molecule is Cc1ccc(S(=O)(=O)SC#N)cc1Cl. The molecule has 1 rings (SSSR count). The Morgan fingerprint density at radius 2 is 2.14 bits per heavy atom. The molecule has 0 saturated carbocycles. The first-order chi connectivity index (χ1) is 6.47. The van der Waals surface area contributed by atoms with E-state index in [0.29, 0.717) is 5.02 Å². The molecule has 0 aliphatic heterocycles. The standard InChI is InChI=1S/C8H6ClNO2S2/c1-6-2-3-7(4-8(6)9)14(11,12)13-5-10/h2-4H,1H3.